The lowest BCUT2D eigenvalue weighted by atomic mass is 10.0. The molecule has 2 N–H and O–H groups in total. The van der Waals surface area contributed by atoms with E-state index in [2.05, 4.69) is 10.6 Å². The zero-order valence-corrected chi connectivity index (χ0v) is 9.37. The van der Waals surface area contributed by atoms with Gasteiger partial charge in [-0.1, -0.05) is 0 Å². The predicted octanol–water partition coefficient (Wildman–Crippen LogP) is 0.938. The van der Waals surface area contributed by atoms with Crippen molar-refractivity contribution in [2.45, 2.75) is 19.3 Å². The monoisotopic (exact) mass is 222 g/mol. The van der Waals surface area contributed by atoms with Crippen molar-refractivity contribution in [3.05, 3.63) is 24.2 Å². The van der Waals surface area contributed by atoms with Gasteiger partial charge in [-0.3, -0.25) is 4.79 Å². The smallest absolute Gasteiger partial charge is 0.220 e. The van der Waals surface area contributed by atoms with Gasteiger partial charge in [-0.15, -0.1) is 0 Å². The molecule has 0 radical (unpaired) electrons. The quantitative estimate of drug-likeness (QED) is 0.779. The maximum absolute atomic E-state index is 11.6. The molecule has 0 bridgehead atoms. The Balaban J connectivity index is 1.60. The minimum Gasteiger partial charge on any atom is -0.469 e. The summed E-state index contributed by atoms with van der Waals surface area (Å²) in [5, 5.41) is 6.18. The van der Waals surface area contributed by atoms with Gasteiger partial charge in [-0.2, -0.15) is 0 Å². The van der Waals surface area contributed by atoms with E-state index in [0.29, 0.717) is 18.9 Å². The lowest BCUT2D eigenvalue weighted by Crippen LogP contribution is -2.28. The van der Waals surface area contributed by atoms with Crippen LogP contribution in [0.15, 0.2) is 22.8 Å². The summed E-state index contributed by atoms with van der Waals surface area (Å²) in [6, 6.07) is 3.79. The molecule has 1 aromatic heterocycles. The number of hydrogen-bond acceptors (Lipinski definition) is 3. The molecule has 88 valence electrons. The number of carbonyl (C=O) groups is 1. The highest BCUT2D eigenvalue weighted by molar-refractivity contribution is 5.76. The number of amides is 1. The van der Waals surface area contributed by atoms with Crippen LogP contribution in [0.4, 0.5) is 0 Å². The largest absolute Gasteiger partial charge is 0.469 e. The SMILES string of the molecule is O=C(CC1CCNC1)NCCc1ccco1. The minimum absolute atomic E-state index is 0.153. The van der Waals surface area contributed by atoms with Gasteiger partial charge in [0, 0.05) is 19.4 Å². The van der Waals surface area contributed by atoms with Crippen molar-refractivity contribution in [2.75, 3.05) is 19.6 Å². The summed E-state index contributed by atoms with van der Waals surface area (Å²) in [5.41, 5.74) is 0. The molecule has 0 aliphatic carbocycles. The summed E-state index contributed by atoms with van der Waals surface area (Å²) < 4.78 is 5.19. The Kier molecular flexibility index (Phi) is 3.99. The Morgan fingerprint density at radius 3 is 3.25 bits per heavy atom. The van der Waals surface area contributed by atoms with Gasteiger partial charge in [0.05, 0.1) is 6.26 Å². The van der Waals surface area contributed by atoms with Crippen LogP contribution in [0.3, 0.4) is 0 Å². The summed E-state index contributed by atoms with van der Waals surface area (Å²) in [6.07, 6.45) is 4.18. The first-order valence-corrected chi connectivity index (χ1v) is 5.84. The third-order valence-electron chi connectivity index (χ3n) is 2.91. The molecule has 0 saturated carbocycles. The van der Waals surface area contributed by atoms with Gasteiger partial charge in [0.15, 0.2) is 0 Å². The van der Waals surface area contributed by atoms with E-state index < -0.39 is 0 Å². The second-order valence-corrected chi connectivity index (χ2v) is 4.24. The first kappa shape index (κ1) is 11.2. The summed E-state index contributed by atoms with van der Waals surface area (Å²) >= 11 is 0. The fraction of sp³-hybridized carbons (Fsp3) is 0.583. The van der Waals surface area contributed by atoms with Crippen LogP contribution >= 0.6 is 0 Å². The molecular formula is C12H18N2O2. The van der Waals surface area contributed by atoms with Crippen molar-refractivity contribution in [1.82, 2.24) is 10.6 Å². The molecule has 4 heteroatoms. The van der Waals surface area contributed by atoms with Crippen LogP contribution < -0.4 is 10.6 Å². The van der Waals surface area contributed by atoms with E-state index in [1.165, 1.54) is 0 Å². The van der Waals surface area contributed by atoms with E-state index in [1.807, 2.05) is 12.1 Å². The molecule has 16 heavy (non-hydrogen) atoms. The number of nitrogens with one attached hydrogen (secondary N) is 2. The van der Waals surface area contributed by atoms with Gasteiger partial charge >= 0.3 is 0 Å². The fourth-order valence-corrected chi connectivity index (χ4v) is 2.00. The van der Waals surface area contributed by atoms with E-state index in [0.717, 1.165) is 31.7 Å². The Labute approximate surface area is 95.4 Å². The molecule has 1 saturated heterocycles. The molecule has 2 heterocycles. The lowest BCUT2D eigenvalue weighted by Gasteiger charge is -2.08. The average Bonchev–Trinajstić information content (AvgIpc) is 2.90. The van der Waals surface area contributed by atoms with E-state index >= 15 is 0 Å². The van der Waals surface area contributed by atoms with Crippen LogP contribution in [0.5, 0.6) is 0 Å². The Hall–Kier alpha value is -1.29. The summed E-state index contributed by atoms with van der Waals surface area (Å²) in [5.74, 6) is 1.59. The molecule has 0 spiro atoms. The molecular weight excluding hydrogens is 204 g/mol. The van der Waals surface area contributed by atoms with Gasteiger partial charge in [0.25, 0.3) is 0 Å². The molecule has 1 amide bonds. The molecule has 1 unspecified atom stereocenters. The second-order valence-electron chi connectivity index (χ2n) is 4.24. The number of rotatable bonds is 5. The summed E-state index contributed by atoms with van der Waals surface area (Å²) in [6.45, 7) is 2.68. The van der Waals surface area contributed by atoms with Crippen molar-refractivity contribution in [3.8, 4) is 0 Å². The minimum atomic E-state index is 0.153. The molecule has 1 fully saturated rings. The van der Waals surface area contributed by atoms with E-state index in [9.17, 15) is 4.79 Å². The van der Waals surface area contributed by atoms with Gasteiger partial charge in [-0.05, 0) is 37.6 Å². The van der Waals surface area contributed by atoms with Crippen molar-refractivity contribution in [2.24, 2.45) is 5.92 Å². The fourth-order valence-electron chi connectivity index (χ4n) is 2.00. The second kappa shape index (κ2) is 5.70. The molecule has 1 aliphatic heterocycles. The lowest BCUT2D eigenvalue weighted by molar-refractivity contribution is -0.121. The van der Waals surface area contributed by atoms with Crippen LogP contribution in [0.2, 0.25) is 0 Å². The molecule has 2 rings (SSSR count). The summed E-state index contributed by atoms with van der Waals surface area (Å²) in [7, 11) is 0. The highest BCUT2D eigenvalue weighted by atomic mass is 16.3. The van der Waals surface area contributed by atoms with Crippen molar-refractivity contribution >= 4 is 5.91 Å². The first-order valence-electron chi connectivity index (χ1n) is 5.84. The van der Waals surface area contributed by atoms with E-state index in [-0.39, 0.29) is 5.91 Å². The summed E-state index contributed by atoms with van der Waals surface area (Å²) in [4.78, 5) is 11.6. The number of carbonyl (C=O) groups excluding carboxylic acids is 1. The van der Waals surface area contributed by atoms with Gasteiger partial charge < -0.3 is 15.1 Å². The van der Waals surface area contributed by atoms with Gasteiger partial charge in [-0.25, -0.2) is 0 Å². The molecule has 1 atom stereocenters. The third kappa shape index (κ3) is 3.38. The Bertz CT molecular complexity index is 316. The third-order valence-corrected chi connectivity index (χ3v) is 2.91. The highest BCUT2D eigenvalue weighted by Gasteiger charge is 2.17. The highest BCUT2D eigenvalue weighted by Crippen LogP contribution is 2.11. The maximum atomic E-state index is 11.6. The first-order chi connectivity index (χ1) is 7.84. The van der Waals surface area contributed by atoms with Crippen LogP contribution in [0.1, 0.15) is 18.6 Å². The molecule has 1 aliphatic rings. The van der Waals surface area contributed by atoms with Crippen LogP contribution in [-0.4, -0.2) is 25.5 Å². The van der Waals surface area contributed by atoms with Gasteiger partial charge in [0.1, 0.15) is 5.76 Å². The van der Waals surface area contributed by atoms with Crippen molar-refractivity contribution in [1.29, 1.82) is 0 Å². The van der Waals surface area contributed by atoms with E-state index in [4.69, 9.17) is 4.42 Å². The van der Waals surface area contributed by atoms with Crippen LogP contribution in [0.25, 0.3) is 0 Å². The van der Waals surface area contributed by atoms with Crippen molar-refractivity contribution < 1.29 is 9.21 Å². The standard InChI is InChI=1S/C12H18N2O2/c15-12(8-10-3-5-13-9-10)14-6-4-11-2-1-7-16-11/h1-2,7,10,13H,3-6,8-9H2,(H,14,15). The zero-order chi connectivity index (χ0) is 11.2. The predicted molar refractivity (Wildman–Crippen MR) is 61.0 cm³/mol. The Morgan fingerprint density at radius 2 is 2.56 bits per heavy atom. The Morgan fingerprint density at radius 1 is 1.62 bits per heavy atom. The van der Waals surface area contributed by atoms with Gasteiger partial charge in [0.2, 0.25) is 5.91 Å². The maximum Gasteiger partial charge on any atom is 0.220 e. The van der Waals surface area contributed by atoms with Crippen LogP contribution in [-0.2, 0) is 11.2 Å². The topological polar surface area (TPSA) is 54.3 Å². The van der Waals surface area contributed by atoms with Crippen molar-refractivity contribution in [3.63, 3.8) is 0 Å². The molecule has 0 aromatic carbocycles. The van der Waals surface area contributed by atoms with E-state index in [1.54, 1.807) is 6.26 Å². The normalized spacial score (nSPS) is 19.9. The number of hydrogen-bond donors (Lipinski definition) is 2. The zero-order valence-electron chi connectivity index (χ0n) is 9.37. The average molecular weight is 222 g/mol. The van der Waals surface area contributed by atoms with Crippen LogP contribution in [0, 0.1) is 5.92 Å². The number of furan rings is 1. The molecule has 1 aromatic rings. The molecule has 4 nitrogen and oxygen atoms in total.